The summed E-state index contributed by atoms with van der Waals surface area (Å²) < 4.78 is 0. The monoisotopic (exact) mass is 386 g/mol. The van der Waals surface area contributed by atoms with E-state index in [1.165, 1.54) is 0 Å². The van der Waals surface area contributed by atoms with E-state index in [0.29, 0.717) is 10.6 Å². The summed E-state index contributed by atoms with van der Waals surface area (Å²) >= 11 is 5.86. The van der Waals surface area contributed by atoms with Crippen molar-refractivity contribution in [3.63, 3.8) is 0 Å². The lowest BCUT2D eigenvalue weighted by molar-refractivity contribution is 0.0955. The normalized spacial score (nSPS) is 12.4. The van der Waals surface area contributed by atoms with Gasteiger partial charge in [-0.3, -0.25) is 4.79 Å². The molecule has 0 fully saturated rings. The Morgan fingerprint density at radius 2 is 1.48 bits per heavy atom. The van der Waals surface area contributed by atoms with Gasteiger partial charge in [0.15, 0.2) is 0 Å². The molecular weight excluding hydrogens is 360 g/mol. The molecule has 0 unspecified atom stereocenters. The molecule has 0 aliphatic heterocycles. The van der Waals surface area contributed by atoms with Crippen molar-refractivity contribution in [3.8, 4) is 5.75 Å². The zero-order chi connectivity index (χ0) is 20.4. The molecule has 4 nitrogen and oxygen atoms in total. The predicted molar refractivity (Wildman–Crippen MR) is 112 cm³/mol. The molecule has 2 aromatic carbocycles. The Labute approximate surface area is 166 Å². The van der Waals surface area contributed by atoms with Crippen LogP contribution in [0, 0.1) is 0 Å². The second kappa shape index (κ2) is 7.73. The number of hydrogen-bond donors (Lipinski definition) is 2. The number of carbonyl (C=O) groups excluding carboxylic acids is 1. The van der Waals surface area contributed by atoms with Gasteiger partial charge in [-0.25, -0.2) is 5.43 Å². The molecule has 27 heavy (non-hydrogen) atoms. The van der Waals surface area contributed by atoms with Gasteiger partial charge in [0.05, 0.1) is 6.21 Å². The number of hydrazone groups is 1. The molecule has 1 amide bonds. The molecule has 5 heteroatoms. The second-order valence-corrected chi connectivity index (χ2v) is 9.11. The molecule has 0 aliphatic carbocycles. The van der Waals surface area contributed by atoms with Crippen LogP contribution >= 0.6 is 11.6 Å². The SMILES string of the molecule is CC(C)(C)c1cc(C(=O)NN=Cc2ccc(Cl)cc2)cc(C(C)(C)C)c1O. The van der Waals surface area contributed by atoms with E-state index >= 15 is 0 Å². The minimum absolute atomic E-state index is 0.246. The fourth-order valence-electron chi connectivity index (χ4n) is 2.69. The maximum absolute atomic E-state index is 12.6. The highest BCUT2D eigenvalue weighted by Gasteiger charge is 2.27. The molecule has 0 saturated heterocycles. The van der Waals surface area contributed by atoms with E-state index in [1.54, 1.807) is 30.5 Å². The lowest BCUT2D eigenvalue weighted by Crippen LogP contribution is -2.22. The van der Waals surface area contributed by atoms with Gasteiger partial charge in [-0.2, -0.15) is 5.10 Å². The first-order valence-corrected chi connectivity index (χ1v) is 9.24. The van der Waals surface area contributed by atoms with Gasteiger partial charge in [0.25, 0.3) is 5.91 Å². The summed E-state index contributed by atoms with van der Waals surface area (Å²) in [6, 6.07) is 10.6. The van der Waals surface area contributed by atoms with E-state index in [2.05, 4.69) is 10.5 Å². The summed E-state index contributed by atoms with van der Waals surface area (Å²) in [5.41, 5.74) is 4.73. The fraction of sp³-hybridized carbons (Fsp3) is 0.364. The van der Waals surface area contributed by atoms with E-state index in [1.807, 2.05) is 53.7 Å². The molecule has 144 valence electrons. The minimum atomic E-state index is -0.323. The van der Waals surface area contributed by atoms with Crippen LogP contribution in [0.15, 0.2) is 41.5 Å². The van der Waals surface area contributed by atoms with Gasteiger partial charge in [-0.1, -0.05) is 65.3 Å². The molecule has 0 aromatic heterocycles. The van der Waals surface area contributed by atoms with Gasteiger partial charge in [-0.05, 0) is 40.7 Å². The molecule has 2 N–H and O–H groups in total. The van der Waals surface area contributed by atoms with E-state index in [-0.39, 0.29) is 22.5 Å². The standard InChI is InChI=1S/C22H27ClN2O2/c1-21(2,3)17-11-15(12-18(19(17)26)22(4,5)6)20(27)25-24-13-14-7-9-16(23)10-8-14/h7-13,26H,1-6H3,(H,25,27). The third-order valence-electron chi connectivity index (χ3n) is 4.24. The van der Waals surface area contributed by atoms with E-state index in [9.17, 15) is 9.90 Å². The molecule has 2 rings (SSSR count). The smallest absolute Gasteiger partial charge is 0.271 e. The summed E-state index contributed by atoms with van der Waals surface area (Å²) in [7, 11) is 0. The average molecular weight is 387 g/mol. The average Bonchev–Trinajstić information content (AvgIpc) is 2.54. The highest BCUT2D eigenvalue weighted by atomic mass is 35.5. The van der Waals surface area contributed by atoms with Crippen molar-refractivity contribution >= 4 is 23.7 Å². The Hall–Kier alpha value is -2.33. The minimum Gasteiger partial charge on any atom is -0.507 e. The Morgan fingerprint density at radius 3 is 1.93 bits per heavy atom. The van der Waals surface area contributed by atoms with Gasteiger partial charge in [0, 0.05) is 21.7 Å². The number of aromatic hydroxyl groups is 1. The lowest BCUT2D eigenvalue weighted by atomic mass is 9.78. The number of carbonyl (C=O) groups is 1. The van der Waals surface area contributed by atoms with Crippen molar-refractivity contribution in [1.29, 1.82) is 0 Å². The van der Waals surface area contributed by atoms with Crippen LogP contribution in [-0.2, 0) is 10.8 Å². The maximum Gasteiger partial charge on any atom is 0.271 e. The Balaban J connectivity index is 2.33. The number of phenolic OH excluding ortho intramolecular Hbond substituents is 1. The van der Waals surface area contributed by atoms with E-state index in [4.69, 9.17) is 11.6 Å². The number of nitrogens with zero attached hydrogens (tertiary/aromatic N) is 1. The van der Waals surface area contributed by atoms with Crippen molar-refractivity contribution in [2.75, 3.05) is 0 Å². The first-order valence-electron chi connectivity index (χ1n) is 8.86. The second-order valence-electron chi connectivity index (χ2n) is 8.67. The third-order valence-corrected chi connectivity index (χ3v) is 4.49. The lowest BCUT2D eigenvalue weighted by Gasteiger charge is -2.28. The van der Waals surface area contributed by atoms with E-state index < -0.39 is 0 Å². The van der Waals surface area contributed by atoms with Crippen LogP contribution in [0.2, 0.25) is 5.02 Å². The van der Waals surface area contributed by atoms with Crippen molar-refractivity contribution in [2.24, 2.45) is 5.10 Å². The summed E-state index contributed by atoms with van der Waals surface area (Å²) in [4.78, 5) is 12.6. The molecule has 0 radical (unpaired) electrons. The number of halogens is 1. The molecule has 0 saturated carbocycles. The van der Waals surface area contributed by atoms with Gasteiger partial charge >= 0.3 is 0 Å². The first kappa shape index (κ1) is 21.0. The topological polar surface area (TPSA) is 61.7 Å². The molecule has 0 spiro atoms. The van der Waals surface area contributed by atoms with Crippen LogP contribution in [0.25, 0.3) is 0 Å². The number of amides is 1. The van der Waals surface area contributed by atoms with Crippen LogP contribution in [0.3, 0.4) is 0 Å². The zero-order valence-corrected chi connectivity index (χ0v) is 17.5. The van der Waals surface area contributed by atoms with Gasteiger partial charge < -0.3 is 5.11 Å². The maximum atomic E-state index is 12.6. The first-order chi connectivity index (χ1) is 12.4. The molecule has 0 atom stereocenters. The van der Waals surface area contributed by atoms with Crippen LogP contribution in [0.1, 0.15) is 68.6 Å². The number of rotatable bonds is 3. The Morgan fingerprint density at radius 1 is 1.00 bits per heavy atom. The summed E-state index contributed by atoms with van der Waals surface area (Å²) in [5.74, 6) is -0.0765. The van der Waals surface area contributed by atoms with Crippen molar-refractivity contribution < 1.29 is 9.90 Å². The number of nitrogens with one attached hydrogen (secondary N) is 1. The zero-order valence-electron chi connectivity index (χ0n) is 16.7. The predicted octanol–water partition coefficient (Wildman–Crippen LogP) is 5.40. The number of phenols is 1. The molecule has 0 heterocycles. The molecule has 0 bridgehead atoms. The highest BCUT2D eigenvalue weighted by Crippen LogP contribution is 2.39. The van der Waals surface area contributed by atoms with Gasteiger partial charge in [0.1, 0.15) is 5.75 Å². The van der Waals surface area contributed by atoms with Crippen LogP contribution in [0.5, 0.6) is 5.75 Å². The quantitative estimate of drug-likeness (QED) is 0.547. The van der Waals surface area contributed by atoms with Crippen molar-refractivity contribution in [3.05, 3.63) is 63.7 Å². The van der Waals surface area contributed by atoms with Crippen LogP contribution in [0.4, 0.5) is 0 Å². The van der Waals surface area contributed by atoms with E-state index in [0.717, 1.165) is 16.7 Å². The summed E-state index contributed by atoms with van der Waals surface area (Å²) in [6.45, 7) is 12.1. The Kier molecular flexibility index (Phi) is 6.01. The largest absolute Gasteiger partial charge is 0.507 e. The van der Waals surface area contributed by atoms with Crippen LogP contribution < -0.4 is 5.43 Å². The van der Waals surface area contributed by atoms with Crippen molar-refractivity contribution in [2.45, 2.75) is 52.4 Å². The number of benzene rings is 2. The molecule has 0 aliphatic rings. The van der Waals surface area contributed by atoms with Crippen molar-refractivity contribution in [1.82, 2.24) is 5.43 Å². The number of hydrogen-bond acceptors (Lipinski definition) is 3. The summed E-state index contributed by atoms with van der Waals surface area (Å²) in [5, 5.41) is 15.4. The molecular formula is C22H27ClN2O2. The van der Waals surface area contributed by atoms with Crippen LogP contribution in [-0.4, -0.2) is 17.2 Å². The van der Waals surface area contributed by atoms with Gasteiger partial charge in [-0.15, -0.1) is 0 Å². The summed E-state index contributed by atoms with van der Waals surface area (Å²) in [6.07, 6.45) is 1.56. The van der Waals surface area contributed by atoms with Gasteiger partial charge in [0.2, 0.25) is 0 Å². The fourth-order valence-corrected chi connectivity index (χ4v) is 2.81. The Bertz CT molecular complexity index is 822. The highest BCUT2D eigenvalue weighted by molar-refractivity contribution is 6.30. The third kappa shape index (κ3) is 5.33. The molecule has 2 aromatic rings.